The van der Waals surface area contributed by atoms with Crippen molar-refractivity contribution in [1.29, 1.82) is 0 Å². The maximum absolute atomic E-state index is 10.4. The number of hydrogen-bond acceptors (Lipinski definition) is 4. The Kier molecular flexibility index (Phi) is 6.47. The number of nitrogens with zero attached hydrogens (tertiary/aromatic N) is 2. The third-order valence-electron chi connectivity index (χ3n) is 15.9. The van der Waals surface area contributed by atoms with Gasteiger partial charge in [0.15, 0.2) is 0 Å². The fourth-order valence-electron chi connectivity index (χ4n) is 13.4. The summed E-state index contributed by atoms with van der Waals surface area (Å²) in [4.78, 5) is 0. The van der Waals surface area contributed by atoms with Gasteiger partial charge < -0.3 is 10.2 Å². The number of fused-ring (bicyclic) bond motifs is 10. The summed E-state index contributed by atoms with van der Waals surface area (Å²) < 4.78 is 0. The van der Waals surface area contributed by atoms with Gasteiger partial charge in [-0.05, 0) is 149 Å². The van der Waals surface area contributed by atoms with Crippen molar-refractivity contribution in [1.82, 2.24) is 0 Å². The Morgan fingerprint density at radius 3 is 1.83 bits per heavy atom. The first kappa shape index (κ1) is 28.2. The molecule has 8 aliphatic carbocycles. The molecule has 4 heteroatoms. The molecule has 0 heterocycles. The van der Waals surface area contributed by atoms with Crippen LogP contribution >= 0.6 is 0 Å². The first-order valence-corrected chi connectivity index (χ1v) is 18.0. The number of aliphatic hydroxyl groups is 2. The van der Waals surface area contributed by atoms with Crippen LogP contribution in [0.4, 0.5) is 0 Å². The summed E-state index contributed by atoms with van der Waals surface area (Å²) in [5, 5.41) is 31.2. The fraction of sp³-hybridized carbons (Fsp3) is 0.842. The van der Waals surface area contributed by atoms with Crippen LogP contribution in [0.25, 0.3) is 0 Å². The third-order valence-corrected chi connectivity index (χ3v) is 15.9. The highest BCUT2D eigenvalue weighted by Crippen LogP contribution is 2.66. The zero-order valence-electron chi connectivity index (χ0n) is 26.9. The van der Waals surface area contributed by atoms with Gasteiger partial charge in [-0.3, -0.25) is 0 Å². The minimum atomic E-state index is -0.216. The molecule has 6 fully saturated rings. The summed E-state index contributed by atoms with van der Waals surface area (Å²) in [7, 11) is 0. The highest BCUT2D eigenvalue weighted by Gasteiger charge is 2.60. The third kappa shape index (κ3) is 3.85. The first-order chi connectivity index (χ1) is 20.1. The molecular weight excluding hydrogens is 516 g/mol. The second-order valence-electron chi connectivity index (χ2n) is 17.4. The highest BCUT2D eigenvalue weighted by molar-refractivity contribution is 5.95. The second-order valence-corrected chi connectivity index (χ2v) is 17.4. The van der Waals surface area contributed by atoms with Crippen LogP contribution < -0.4 is 0 Å². The summed E-state index contributed by atoms with van der Waals surface area (Å²) >= 11 is 0. The van der Waals surface area contributed by atoms with Gasteiger partial charge in [-0.15, -0.1) is 0 Å². The largest absolute Gasteiger partial charge is 0.393 e. The molecule has 0 aromatic carbocycles. The van der Waals surface area contributed by atoms with E-state index in [1.807, 2.05) is 0 Å². The molecule has 0 amide bonds. The van der Waals surface area contributed by atoms with E-state index in [4.69, 9.17) is 10.2 Å². The van der Waals surface area contributed by atoms with Gasteiger partial charge in [-0.25, -0.2) is 0 Å². The lowest BCUT2D eigenvalue weighted by molar-refractivity contribution is -0.0250. The van der Waals surface area contributed by atoms with E-state index in [0.29, 0.717) is 10.8 Å². The van der Waals surface area contributed by atoms with Gasteiger partial charge in [0.25, 0.3) is 0 Å². The van der Waals surface area contributed by atoms with Crippen LogP contribution in [0.3, 0.4) is 0 Å². The lowest BCUT2D eigenvalue weighted by atomic mass is 9.47. The van der Waals surface area contributed by atoms with Crippen molar-refractivity contribution < 1.29 is 10.2 Å². The Labute approximate surface area is 254 Å². The predicted molar refractivity (Wildman–Crippen MR) is 170 cm³/mol. The van der Waals surface area contributed by atoms with Crippen LogP contribution in [0.5, 0.6) is 0 Å². The van der Waals surface area contributed by atoms with Crippen molar-refractivity contribution in [3.8, 4) is 0 Å². The number of hydrogen-bond donors (Lipinski definition) is 2. The summed E-state index contributed by atoms with van der Waals surface area (Å²) in [6, 6.07) is 0. The molecule has 0 radical (unpaired) electrons. The van der Waals surface area contributed by atoms with E-state index in [-0.39, 0.29) is 23.0 Å². The maximum atomic E-state index is 10.4. The van der Waals surface area contributed by atoms with E-state index in [9.17, 15) is 10.2 Å². The molecule has 4 nitrogen and oxygen atoms in total. The summed E-state index contributed by atoms with van der Waals surface area (Å²) in [5.41, 5.74) is 7.02. The molecule has 8 unspecified atom stereocenters. The average molecular weight is 573 g/mol. The molecule has 42 heavy (non-hydrogen) atoms. The van der Waals surface area contributed by atoms with Crippen molar-refractivity contribution >= 4 is 11.4 Å². The summed E-state index contributed by atoms with van der Waals surface area (Å²) in [5.74, 6) is 4.61. The van der Waals surface area contributed by atoms with E-state index in [2.05, 4.69) is 39.8 Å². The zero-order chi connectivity index (χ0) is 29.1. The van der Waals surface area contributed by atoms with Gasteiger partial charge in [-0.2, -0.15) is 10.2 Å². The normalized spacial score (nSPS) is 55.1. The topological polar surface area (TPSA) is 65.2 Å². The fourth-order valence-corrected chi connectivity index (χ4v) is 13.4. The lowest BCUT2D eigenvalue weighted by Gasteiger charge is -2.57. The van der Waals surface area contributed by atoms with Gasteiger partial charge in [0, 0.05) is 22.3 Å². The van der Waals surface area contributed by atoms with Crippen molar-refractivity contribution in [2.45, 2.75) is 143 Å². The van der Waals surface area contributed by atoms with Crippen LogP contribution in [0.1, 0.15) is 130 Å². The van der Waals surface area contributed by atoms with E-state index in [1.54, 1.807) is 11.1 Å². The van der Waals surface area contributed by atoms with Gasteiger partial charge >= 0.3 is 0 Å². The van der Waals surface area contributed by atoms with Crippen molar-refractivity contribution in [2.75, 3.05) is 0 Å². The SMILES string of the molecule is C[C@]12CCC(O)CC1=CCC1C2CC[C@]2(C)C(=NN=C3CCC4C5CCC6=CC(O)CC[C@]6(C)C5CC[C@]34C)CCC12. The zero-order valence-corrected chi connectivity index (χ0v) is 26.9. The number of aliphatic hydroxyl groups excluding tert-OH is 2. The molecule has 230 valence electrons. The number of allylic oxidation sites excluding steroid dienone is 2. The molecule has 2 N–H and O–H groups in total. The van der Waals surface area contributed by atoms with Crippen LogP contribution in [-0.4, -0.2) is 33.8 Å². The quantitative estimate of drug-likeness (QED) is 0.245. The average Bonchev–Trinajstić information content (AvgIpc) is 3.48. The smallest absolute Gasteiger partial charge is 0.0724 e. The second kappa shape index (κ2) is 9.62. The van der Waals surface area contributed by atoms with Crippen LogP contribution in [0.15, 0.2) is 33.5 Å². The Hall–Kier alpha value is -1.26. The molecule has 0 aliphatic heterocycles. The van der Waals surface area contributed by atoms with E-state index in [0.717, 1.165) is 67.6 Å². The van der Waals surface area contributed by atoms with Crippen LogP contribution in [0.2, 0.25) is 0 Å². The van der Waals surface area contributed by atoms with E-state index >= 15 is 0 Å². The van der Waals surface area contributed by atoms with Gasteiger partial charge in [0.05, 0.1) is 12.2 Å². The van der Waals surface area contributed by atoms with Crippen molar-refractivity contribution in [3.05, 3.63) is 23.3 Å². The molecule has 6 saturated carbocycles. The summed E-state index contributed by atoms with van der Waals surface area (Å²) in [6.07, 6.45) is 23.3. The van der Waals surface area contributed by atoms with Crippen LogP contribution in [0, 0.1) is 57.2 Å². The standard InChI is InChI=1S/C38H56N2O2/c1-35-17-13-25(41)21-23(35)5-7-27-29-9-11-33(37(29,3)19-15-31(27)35)39-40-34-12-10-30-28-8-6-24-22-26(42)14-18-36(24,2)32(28)16-20-38(30,34)4/h5,22,25-32,41-42H,6-21H2,1-4H3/t25?,26?,27?,28?,29?,30?,31?,32?,35-,36-,37-,38-/m0/s1. The molecule has 12 atom stereocenters. The van der Waals surface area contributed by atoms with E-state index in [1.165, 1.54) is 82.1 Å². The van der Waals surface area contributed by atoms with Gasteiger partial charge in [0.1, 0.15) is 0 Å². The van der Waals surface area contributed by atoms with Crippen LogP contribution in [-0.2, 0) is 0 Å². The molecular formula is C38H56N2O2. The maximum Gasteiger partial charge on any atom is 0.0724 e. The van der Waals surface area contributed by atoms with E-state index < -0.39 is 0 Å². The molecule has 0 aromatic heterocycles. The molecule has 0 bridgehead atoms. The predicted octanol–water partition coefficient (Wildman–Crippen LogP) is 8.43. The van der Waals surface area contributed by atoms with Gasteiger partial charge in [0.2, 0.25) is 0 Å². The first-order valence-electron chi connectivity index (χ1n) is 18.0. The lowest BCUT2D eigenvalue weighted by Crippen LogP contribution is -2.50. The minimum Gasteiger partial charge on any atom is -0.393 e. The molecule has 8 rings (SSSR count). The van der Waals surface area contributed by atoms with Crippen molar-refractivity contribution in [2.24, 2.45) is 67.4 Å². The number of rotatable bonds is 1. The summed E-state index contributed by atoms with van der Waals surface area (Å²) in [6.45, 7) is 10.2. The molecule has 0 spiro atoms. The molecule has 0 aromatic rings. The van der Waals surface area contributed by atoms with Gasteiger partial charge in [-0.1, -0.05) is 51.0 Å². The highest BCUT2D eigenvalue weighted by atomic mass is 16.3. The molecule has 8 aliphatic rings. The Morgan fingerprint density at radius 1 is 0.595 bits per heavy atom. The Balaban J connectivity index is 1.02. The monoisotopic (exact) mass is 572 g/mol. The Bertz CT molecular complexity index is 1260. The molecule has 0 saturated heterocycles. The van der Waals surface area contributed by atoms with Crippen molar-refractivity contribution in [3.63, 3.8) is 0 Å². The minimum absolute atomic E-state index is 0.122. The Morgan fingerprint density at radius 2 is 1.14 bits per heavy atom.